The van der Waals surface area contributed by atoms with Crippen LogP contribution in [0.5, 0.6) is 0 Å². The third-order valence-electron chi connectivity index (χ3n) is 10.2. The average molecular weight is 762 g/mol. The van der Waals surface area contributed by atoms with Crippen LogP contribution in [0.4, 0.5) is 34.1 Å². The molecule has 0 saturated carbocycles. The van der Waals surface area contributed by atoms with Crippen molar-refractivity contribution in [1.29, 1.82) is 10.5 Å². The van der Waals surface area contributed by atoms with Crippen molar-refractivity contribution in [3.05, 3.63) is 179 Å². The second kappa shape index (κ2) is 13.3. The standard InChI is InChI=1S/C48H26Cl2N4O2/c49-31-19-21-35-37-25-41(53(33-13-3-1-4-14-33)39-17-9-7-11-29(39)27-51)45-46(48(37)56-43(35)23-31)42(26-38-36-22-20-32(50)24-44(36)55-47(38)45)54(34-15-5-2-6-16-34)40-18-10-8-12-30(40)28-52/h1-26H. The van der Waals surface area contributed by atoms with Gasteiger partial charge in [-0.25, -0.2) is 0 Å². The minimum Gasteiger partial charge on any atom is -0.455 e. The Hall–Kier alpha value is -7.22. The van der Waals surface area contributed by atoms with Crippen LogP contribution in [-0.2, 0) is 0 Å². The minimum atomic E-state index is 0.492. The molecule has 0 aliphatic heterocycles. The monoisotopic (exact) mass is 760 g/mol. The molecule has 10 aromatic rings. The van der Waals surface area contributed by atoms with E-state index in [4.69, 9.17) is 32.0 Å². The van der Waals surface area contributed by atoms with E-state index in [-0.39, 0.29) is 0 Å². The van der Waals surface area contributed by atoms with Crippen LogP contribution in [0.1, 0.15) is 11.1 Å². The van der Waals surface area contributed by atoms with Crippen molar-refractivity contribution in [2.24, 2.45) is 0 Å². The van der Waals surface area contributed by atoms with Crippen LogP contribution in [0.25, 0.3) is 54.6 Å². The first kappa shape index (κ1) is 33.4. The van der Waals surface area contributed by atoms with Gasteiger partial charge in [-0.15, -0.1) is 0 Å². The summed E-state index contributed by atoms with van der Waals surface area (Å²) in [5.74, 6) is 0. The van der Waals surface area contributed by atoms with Crippen LogP contribution < -0.4 is 9.80 Å². The van der Waals surface area contributed by atoms with Crippen molar-refractivity contribution >= 4 is 112 Å². The number of para-hydroxylation sites is 4. The van der Waals surface area contributed by atoms with E-state index >= 15 is 0 Å². The van der Waals surface area contributed by atoms with Crippen molar-refractivity contribution in [3.63, 3.8) is 0 Å². The predicted molar refractivity (Wildman–Crippen MR) is 227 cm³/mol. The molecule has 6 nitrogen and oxygen atoms in total. The highest BCUT2D eigenvalue weighted by Crippen LogP contribution is 2.53. The molecule has 0 N–H and O–H groups in total. The van der Waals surface area contributed by atoms with Crippen LogP contribution in [-0.4, -0.2) is 0 Å². The quantitative estimate of drug-likeness (QED) is 0.168. The molecule has 10 rings (SSSR count). The van der Waals surface area contributed by atoms with Crippen LogP contribution in [0, 0.1) is 22.7 Å². The van der Waals surface area contributed by atoms with Gasteiger partial charge in [-0.2, -0.15) is 10.5 Å². The van der Waals surface area contributed by atoms with E-state index in [9.17, 15) is 10.5 Å². The van der Waals surface area contributed by atoms with Gasteiger partial charge >= 0.3 is 0 Å². The zero-order valence-electron chi connectivity index (χ0n) is 29.4. The highest BCUT2D eigenvalue weighted by atomic mass is 35.5. The maximum absolute atomic E-state index is 10.5. The summed E-state index contributed by atoms with van der Waals surface area (Å²) in [7, 11) is 0. The lowest BCUT2D eigenvalue weighted by Gasteiger charge is -2.30. The summed E-state index contributed by atoms with van der Waals surface area (Å²) in [6.45, 7) is 0. The number of anilines is 6. The first-order chi connectivity index (χ1) is 27.5. The lowest BCUT2D eigenvalue weighted by molar-refractivity contribution is 0.669. The third-order valence-corrected chi connectivity index (χ3v) is 10.7. The number of hydrogen-bond acceptors (Lipinski definition) is 6. The molecule has 56 heavy (non-hydrogen) atoms. The summed E-state index contributed by atoms with van der Waals surface area (Å²) < 4.78 is 13.8. The van der Waals surface area contributed by atoms with E-state index < -0.39 is 0 Å². The largest absolute Gasteiger partial charge is 0.455 e. The minimum absolute atomic E-state index is 0.492. The maximum Gasteiger partial charge on any atom is 0.145 e. The Morgan fingerprint density at radius 1 is 0.411 bits per heavy atom. The molecule has 264 valence electrons. The lowest BCUT2D eigenvalue weighted by atomic mass is 9.96. The lowest BCUT2D eigenvalue weighted by Crippen LogP contribution is -2.14. The number of nitrogens with zero attached hydrogens (tertiary/aromatic N) is 4. The van der Waals surface area contributed by atoms with Crippen molar-refractivity contribution in [3.8, 4) is 12.1 Å². The number of fused-ring (bicyclic) bond motifs is 9. The number of benzene rings is 8. The fourth-order valence-corrected chi connectivity index (χ4v) is 8.15. The van der Waals surface area contributed by atoms with Crippen molar-refractivity contribution < 1.29 is 8.83 Å². The smallest absolute Gasteiger partial charge is 0.145 e. The number of rotatable bonds is 6. The molecule has 0 fully saturated rings. The molecule has 0 amide bonds. The molecular weight excluding hydrogens is 735 g/mol. The summed E-state index contributed by atoms with van der Waals surface area (Å²) >= 11 is 13.2. The molecule has 0 saturated heterocycles. The van der Waals surface area contributed by atoms with E-state index in [1.165, 1.54) is 0 Å². The van der Waals surface area contributed by atoms with E-state index in [0.717, 1.165) is 55.1 Å². The Bertz CT molecular complexity index is 3050. The summed E-state index contributed by atoms with van der Waals surface area (Å²) in [6.07, 6.45) is 0. The Balaban J connectivity index is 1.49. The van der Waals surface area contributed by atoms with E-state index in [0.29, 0.717) is 54.9 Å². The Labute approximate surface area is 330 Å². The molecule has 2 aromatic heterocycles. The summed E-state index contributed by atoms with van der Waals surface area (Å²) in [6, 6.07) is 55.5. The zero-order chi connectivity index (χ0) is 37.9. The molecule has 0 unspecified atom stereocenters. The predicted octanol–water partition coefficient (Wildman–Crippen LogP) is 14.6. The van der Waals surface area contributed by atoms with Gasteiger partial charge in [0, 0.05) is 55.1 Å². The van der Waals surface area contributed by atoms with Gasteiger partial charge in [0.1, 0.15) is 34.5 Å². The van der Waals surface area contributed by atoms with Gasteiger partial charge in [-0.3, -0.25) is 0 Å². The second-order valence-electron chi connectivity index (χ2n) is 13.4. The highest BCUT2D eigenvalue weighted by Gasteiger charge is 2.30. The number of furan rings is 2. The molecule has 0 spiro atoms. The topological polar surface area (TPSA) is 80.3 Å². The molecule has 0 atom stereocenters. The molecule has 0 aliphatic rings. The normalized spacial score (nSPS) is 11.4. The van der Waals surface area contributed by atoms with Crippen LogP contribution in [0.15, 0.2) is 167 Å². The van der Waals surface area contributed by atoms with Crippen molar-refractivity contribution in [2.75, 3.05) is 9.80 Å². The van der Waals surface area contributed by atoms with Crippen LogP contribution >= 0.6 is 23.2 Å². The first-order valence-electron chi connectivity index (χ1n) is 17.8. The van der Waals surface area contributed by atoms with Gasteiger partial charge in [0.2, 0.25) is 0 Å². The Morgan fingerprint density at radius 2 is 0.804 bits per heavy atom. The molecule has 0 radical (unpaired) electrons. The van der Waals surface area contributed by atoms with Gasteiger partial charge in [-0.05, 0) is 84.9 Å². The van der Waals surface area contributed by atoms with Crippen LogP contribution in [0.3, 0.4) is 0 Å². The molecule has 0 aliphatic carbocycles. The van der Waals surface area contributed by atoms with Gasteiger partial charge in [0.25, 0.3) is 0 Å². The summed E-state index contributed by atoms with van der Waals surface area (Å²) in [4.78, 5) is 4.21. The van der Waals surface area contributed by atoms with E-state index in [2.05, 4.69) is 34.1 Å². The zero-order valence-corrected chi connectivity index (χ0v) is 30.9. The number of halogens is 2. The Morgan fingerprint density at radius 3 is 1.21 bits per heavy atom. The van der Waals surface area contributed by atoms with Gasteiger partial charge in [0.05, 0.1) is 44.6 Å². The van der Waals surface area contributed by atoms with Crippen molar-refractivity contribution in [2.45, 2.75) is 0 Å². The molecular formula is C48H26Cl2N4O2. The Kier molecular flexibility index (Phi) is 7.90. The molecule has 8 heteroatoms. The average Bonchev–Trinajstić information content (AvgIpc) is 3.79. The number of nitriles is 2. The van der Waals surface area contributed by atoms with E-state index in [1.54, 1.807) is 0 Å². The third kappa shape index (κ3) is 5.24. The molecule has 2 heterocycles. The van der Waals surface area contributed by atoms with Gasteiger partial charge in [0.15, 0.2) is 0 Å². The second-order valence-corrected chi connectivity index (χ2v) is 14.3. The first-order valence-corrected chi connectivity index (χ1v) is 18.6. The molecule has 0 bridgehead atoms. The maximum atomic E-state index is 10.5. The number of hydrogen-bond donors (Lipinski definition) is 0. The fraction of sp³-hybridized carbons (Fsp3) is 0. The van der Waals surface area contributed by atoms with Crippen LogP contribution in [0.2, 0.25) is 10.0 Å². The fourth-order valence-electron chi connectivity index (χ4n) is 7.82. The van der Waals surface area contributed by atoms with Gasteiger partial charge in [-0.1, -0.05) is 83.9 Å². The van der Waals surface area contributed by atoms with E-state index in [1.807, 2.05) is 146 Å². The highest BCUT2D eigenvalue weighted by molar-refractivity contribution is 6.34. The van der Waals surface area contributed by atoms with Gasteiger partial charge < -0.3 is 18.6 Å². The summed E-state index contributed by atoms with van der Waals surface area (Å²) in [5, 5.41) is 27.0. The molecule has 8 aromatic carbocycles. The summed E-state index contributed by atoms with van der Waals surface area (Å²) in [5.41, 5.74) is 7.95. The van der Waals surface area contributed by atoms with Crippen molar-refractivity contribution in [1.82, 2.24) is 0 Å². The SMILES string of the molecule is N#Cc1ccccc1N(c1ccccc1)c1cc2c3ccc(Cl)cc3oc2c2c(N(c3ccccc3)c3ccccc3C#N)cc3c4ccc(Cl)cc4oc3c12.